The van der Waals surface area contributed by atoms with Crippen LogP contribution in [0.4, 0.5) is 0 Å². The van der Waals surface area contributed by atoms with E-state index in [1.54, 1.807) is 7.11 Å². The largest absolute Gasteiger partial charge is 0.497 e. The molecule has 0 unspecified atom stereocenters. The molecule has 0 bridgehead atoms. The number of piperazine rings is 1. The van der Waals surface area contributed by atoms with Gasteiger partial charge in [-0.2, -0.15) is 0 Å². The summed E-state index contributed by atoms with van der Waals surface area (Å²) in [5, 5.41) is 0.983. The number of H-pyrrole nitrogens is 1. The van der Waals surface area contributed by atoms with E-state index in [4.69, 9.17) is 9.47 Å². The van der Waals surface area contributed by atoms with Gasteiger partial charge in [-0.05, 0) is 29.8 Å². The van der Waals surface area contributed by atoms with Gasteiger partial charge in [0.2, 0.25) is 0 Å². The summed E-state index contributed by atoms with van der Waals surface area (Å²) in [7, 11) is 1.65. The highest BCUT2D eigenvalue weighted by atomic mass is 16.5. The molecule has 2 aromatic carbocycles. The molecule has 2 aliphatic rings. The van der Waals surface area contributed by atoms with Gasteiger partial charge in [-0.15, -0.1) is 0 Å². The Morgan fingerprint density at radius 2 is 1.97 bits per heavy atom. The van der Waals surface area contributed by atoms with E-state index >= 15 is 0 Å². The lowest BCUT2D eigenvalue weighted by Gasteiger charge is -2.48. The molecule has 0 radical (unpaired) electrons. The van der Waals surface area contributed by atoms with Gasteiger partial charge in [0.05, 0.1) is 32.4 Å². The summed E-state index contributed by atoms with van der Waals surface area (Å²) in [6.07, 6.45) is 0. The molecular weight excluding hydrogens is 366 g/mol. The van der Waals surface area contributed by atoms with Gasteiger partial charge in [-0.25, -0.2) is 0 Å². The number of fused-ring (bicyclic) bond motifs is 2. The maximum atomic E-state index is 13.2. The van der Waals surface area contributed by atoms with E-state index in [1.165, 1.54) is 5.56 Å². The average molecular weight is 391 g/mol. The standard InChI is InChI=1S/C23H25N3O3/c1-28-19-7-8-20-17(11-19)12-21(24-20)23(27)25-9-10-26-18(13-25)14-29-15-22(26)16-5-3-2-4-6-16/h2-8,11-12,18,22,24H,9-10,13-15H2,1H3/t18-,22-/m1/s1. The van der Waals surface area contributed by atoms with E-state index in [0.717, 1.165) is 29.7 Å². The maximum Gasteiger partial charge on any atom is 0.270 e. The van der Waals surface area contributed by atoms with Crippen molar-refractivity contribution < 1.29 is 14.3 Å². The normalized spacial score (nSPS) is 22.4. The van der Waals surface area contributed by atoms with Crippen LogP contribution in [0.15, 0.2) is 54.6 Å². The number of methoxy groups -OCH3 is 1. The summed E-state index contributed by atoms with van der Waals surface area (Å²) in [4.78, 5) is 20.9. The number of ether oxygens (including phenoxy) is 2. The number of hydrogen-bond donors (Lipinski definition) is 1. The second-order valence-corrected chi connectivity index (χ2v) is 7.74. The lowest BCUT2D eigenvalue weighted by atomic mass is 10.00. The first-order chi connectivity index (χ1) is 14.2. The number of amides is 1. The van der Waals surface area contributed by atoms with Gasteiger partial charge < -0.3 is 19.4 Å². The fourth-order valence-corrected chi connectivity index (χ4v) is 4.51. The van der Waals surface area contributed by atoms with Gasteiger partial charge in [-0.3, -0.25) is 9.69 Å². The third kappa shape index (κ3) is 3.39. The molecule has 2 fully saturated rings. The van der Waals surface area contributed by atoms with Crippen molar-refractivity contribution in [3.8, 4) is 5.75 Å². The van der Waals surface area contributed by atoms with Crippen LogP contribution < -0.4 is 4.74 Å². The van der Waals surface area contributed by atoms with Gasteiger partial charge >= 0.3 is 0 Å². The number of morpholine rings is 1. The Hall–Kier alpha value is -2.83. The summed E-state index contributed by atoms with van der Waals surface area (Å²) in [5.74, 6) is 0.831. The Balaban J connectivity index is 1.33. The summed E-state index contributed by atoms with van der Waals surface area (Å²) < 4.78 is 11.2. The Kier molecular flexibility index (Phi) is 4.73. The fraction of sp³-hybridized carbons (Fsp3) is 0.348. The van der Waals surface area contributed by atoms with E-state index in [2.05, 4.69) is 34.1 Å². The van der Waals surface area contributed by atoms with Crippen molar-refractivity contribution in [3.63, 3.8) is 0 Å². The Morgan fingerprint density at radius 3 is 2.79 bits per heavy atom. The third-order valence-corrected chi connectivity index (χ3v) is 6.04. The second-order valence-electron chi connectivity index (χ2n) is 7.74. The van der Waals surface area contributed by atoms with Crippen molar-refractivity contribution in [2.45, 2.75) is 12.1 Å². The van der Waals surface area contributed by atoms with Gasteiger partial charge in [0.1, 0.15) is 11.4 Å². The Bertz CT molecular complexity index is 1020. The molecule has 0 aliphatic carbocycles. The van der Waals surface area contributed by atoms with Crippen molar-refractivity contribution in [3.05, 3.63) is 65.9 Å². The van der Waals surface area contributed by atoms with Crippen molar-refractivity contribution in [2.24, 2.45) is 0 Å². The third-order valence-electron chi connectivity index (χ3n) is 6.04. The summed E-state index contributed by atoms with van der Waals surface area (Å²) in [6.45, 7) is 3.63. The highest BCUT2D eigenvalue weighted by Crippen LogP contribution is 2.30. The SMILES string of the molecule is COc1ccc2[nH]c(C(=O)N3CCN4[C@@H](COC[C@@H]4c4ccccc4)C3)cc2c1. The van der Waals surface area contributed by atoms with Crippen molar-refractivity contribution in [1.82, 2.24) is 14.8 Å². The number of carbonyl (C=O) groups excluding carboxylic acids is 1. The molecule has 1 amide bonds. The van der Waals surface area contributed by atoms with E-state index in [-0.39, 0.29) is 18.0 Å². The molecule has 150 valence electrons. The zero-order valence-electron chi connectivity index (χ0n) is 16.5. The molecule has 2 saturated heterocycles. The zero-order chi connectivity index (χ0) is 19.8. The minimum absolute atomic E-state index is 0.0432. The topological polar surface area (TPSA) is 57.8 Å². The quantitative estimate of drug-likeness (QED) is 0.746. The summed E-state index contributed by atoms with van der Waals surface area (Å²) in [6, 6.07) is 18.7. The van der Waals surface area contributed by atoms with Gasteiger partial charge in [0, 0.05) is 30.5 Å². The van der Waals surface area contributed by atoms with E-state index < -0.39 is 0 Å². The van der Waals surface area contributed by atoms with Gasteiger partial charge in [-0.1, -0.05) is 30.3 Å². The van der Waals surface area contributed by atoms with Crippen LogP contribution in [0.1, 0.15) is 22.1 Å². The van der Waals surface area contributed by atoms with Gasteiger partial charge in [0.15, 0.2) is 0 Å². The van der Waals surface area contributed by atoms with E-state index in [1.807, 2.05) is 35.2 Å². The Morgan fingerprint density at radius 1 is 1.10 bits per heavy atom. The van der Waals surface area contributed by atoms with Crippen LogP contribution in [0.3, 0.4) is 0 Å². The van der Waals surface area contributed by atoms with Crippen LogP contribution in [0.5, 0.6) is 5.75 Å². The molecule has 29 heavy (non-hydrogen) atoms. The maximum absolute atomic E-state index is 13.2. The zero-order valence-corrected chi connectivity index (χ0v) is 16.5. The smallest absolute Gasteiger partial charge is 0.270 e. The first kappa shape index (κ1) is 18.2. The van der Waals surface area contributed by atoms with Crippen LogP contribution in [0, 0.1) is 0 Å². The Labute approximate surface area is 170 Å². The van der Waals surface area contributed by atoms with Crippen LogP contribution in [0.25, 0.3) is 10.9 Å². The number of nitrogens with one attached hydrogen (secondary N) is 1. The van der Waals surface area contributed by atoms with Crippen molar-refractivity contribution >= 4 is 16.8 Å². The molecule has 3 aromatic rings. The molecule has 2 atom stereocenters. The molecule has 6 heteroatoms. The minimum atomic E-state index is 0.0432. The van der Waals surface area contributed by atoms with Crippen LogP contribution in [0.2, 0.25) is 0 Å². The molecule has 1 N–H and O–H groups in total. The molecule has 1 aromatic heterocycles. The predicted octanol–water partition coefficient (Wildman–Crippen LogP) is 3.07. The molecule has 6 nitrogen and oxygen atoms in total. The number of rotatable bonds is 3. The monoisotopic (exact) mass is 391 g/mol. The predicted molar refractivity (Wildman–Crippen MR) is 111 cm³/mol. The van der Waals surface area contributed by atoms with Crippen LogP contribution in [-0.2, 0) is 4.74 Å². The van der Waals surface area contributed by atoms with E-state index in [0.29, 0.717) is 25.5 Å². The van der Waals surface area contributed by atoms with E-state index in [9.17, 15) is 4.79 Å². The van der Waals surface area contributed by atoms with Crippen LogP contribution >= 0.6 is 0 Å². The molecule has 5 rings (SSSR count). The first-order valence-corrected chi connectivity index (χ1v) is 10.1. The second kappa shape index (κ2) is 7.54. The molecular formula is C23H25N3O3. The number of nitrogens with zero attached hydrogens (tertiary/aromatic N) is 2. The molecule has 0 saturated carbocycles. The fourth-order valence-electron chi connectivity index (χ4n) is 4.51. The summed E-state index contributed by atoms with van der Waals surface area (Å²) >= 11 is 0. The lowest BCUT2D eigenvalue weighted by molar-refractivity contribution is -0.0770. The lowest BCUT2D eigenvalue weighted by Crippen LogP contribution is -2.60. The first-order valence-electron chi connectivity index (χ1n) is 10.1. The highest BCUT2D eigenvalue weighted by Gasteiger charge is 2.37. The highest BCUT2D eigenvalue weighted by molar-refractivity contribution is 5.98. The number of hydrogen-bond acceptors (Lipinski definition) is 4. The molecule has 3 heterocycles. The number of aromatic nitrogens is 1. The van der Waals surface area contributed by atoms with Crippen molar-refractivity contribution in [2.75, 3.05) is 40.0 Å². The summed E-state index contributed by atoms with van der Waals surface area (Å²) in [5.41, 5.74) is 2.84. The molecule has 2 aliphatic heterocycles. The number of carbonyl (C=O) groups is 1. The van der Waals surface area contributed by atoms with Gasteiger partial charge in [0.25, 0.3) is 5.91 Å². The average Bonchev–Trinajstić information content (AvgIpc) is 3.21. The number of benzene rings is 2. The minimum Gasteiger partial charge on any atom is -0.497 e. The van der Waals surface area contributed by atoms with Crippen molar-refractivity contribution in [1.29, 1.82) is 0 Å². The number of aromatic amines is 1. The molecule has 0 spiro atoms. The van der Waals surface area contributed by atoms with Crippen LogP contribution in [-0.4, -0.2) is 66.7 Å².